The zero-order valence-electron chi connectivity index (χ0n) is 7.62. The molecule has 2 N–H and O–H groups in total. The van der Waals surface area contributed by atoms with E-state index in [1.807, 2.05) is 0 Å². The van der Waals surface area contributed by atoms with Crippen molar-refractivity contribution < 1.29 is 14.5 Å². The van der Waals surface area contributed by atoms with E-state index in [-0.39, 0.29) is 11.8 Å². The molecule has 1 aliphatic heterocycles. The maximum Gasteiger partial charge on any atom is 0.269 e. The maximum atomic E-state index is 10.7. The Morgan fingerprint density at radius 1 is 1.40 bits per heavy atom. The topological polar surface area (TPSA) is 98.8 Å². The molecular formula is C9H8N2O4. The van der Waals surface area contributed by atoms with Gasteiger partial charge in [-0.2, -0.15) is 0 Å². The molecule has 1 aromatic rings. The first kappa shape index (κ1) is 9.60. The molecule has 1 saturated heterocycles. The summed E-state index contributed by atoms with van der Waals surface area (Å²) >= 11 is 0. The average Bonchev–Trinajstić information content (AvgIpc) is 2.97. The maximum absolute atomic E-state index is 10.7. The second-order valence-corrected chi connectivity index (χ2v) is 3.23. The normalized spacial score (nSPS) is 23.5. The van der Waals surface area contributed by atoms with Gasteiger partial charge in [0.25, 0.3) is 5.69 Å². The van der Waals surface area contributed by atoms with Gasteiger partial charge in [-0.15, -0.1) is 0 Å². The van der Waals surface area contributed by atoms with Gasteiger partial charge in [-0.3, -0.25) is 14.9 Å². The van der Waals surface area contributed by atoms with E-state index in [1.54, 1.807) is 12.1 Å². The second kappa shape index (κ2) is 3.32. The molecule has 2 unspecified atom stereocenters. The van der Waals surface area contributed by atoms with Crippen LogP contribution in [-0.2, 0) is 9.53 Å². The number of ether oxygens (including phenoxy) is 1. The van der Waals surface area contributed by atoms with Crippen molar-refractivity contribution >= 4 is 11.6 Å². The summed E-state index contributed by atoms with van der Waals surface area (Å²) in [4.78, 5) is 20.6. The summed E-state index contributed by atoms with van der Waals surface area (Å²) in [5.41, 5.74) is 5.77. The minimum atomic E-state index is -0.591. The van der Waals surface area contributed by atoms with Crippen LogP contribution in [0.15, 0.2) is 24.3 Å². The third kappa shape index (κ3) is 1.79. The van der Waals surface area contributed by atoms with Gasteiger partial charge in [0.2, 0.25) is 5.91 Å². The van der Waals surface area contributed by atoms with Crippen LogP contribution in [0.3, 0.4) is 0 Å². The third-order valence-electron chi connectivity index (χ3n) is 2.20. The van der Waals surface area contributed by atoms with Crippen molar-refractivity contribution in [2.24, 2.45) is 5.73 Å². The summed E-state index contributed by atoms with van der Waals surface area (Å²) in [5.74, 6) is -0.515. The van der Waals surface area contributed by atoms with Crippen LogP contribution in [-0.4, -0.2) is 16.9 Å². The Labute approximate surface area is 84.8 Å². The van der Waals surface area contributed by atoms with Gasteiger partial charge >= 0.3 is 0 Å². The molecule has 2 atom stereocenters. The van der Waals surface area contributed by atoms with Crippen LogP contribution in [0.1, 0.15) is 11.7 Å². The van der Waals surface area contributed by atoms with Gasteiger partial charge in [0.1, 0.15) is 6.10 Å². The molecule has 1 fully saturated rings. The number of non-ortho nitro benzene ring substituents is 1. The van der Waals surface area contributed by atoms with Gasteiger partial charge in [0.05, 0.1) is 4.92 Å². The van der Waals surface area contributed by atoms with Crippen molar-refractivity contribution in [3.8, 4) is 0 Å². The van der Waals surface area contributed by atoms with Crippen LogP contribution in [0.2, 0.25) is 0 Å². The SMILES string of the molecule is NC(=O)C1OC1c1ccc([N+](=O)[O-])cc1. The number of carbonyl (C=O) groups excluding carboxylic acids is 1. The molecule has 1 aliphatic rings. The van der Waals surface area contributed by atoms with Crippen molar-refractivity contribution in [2.45, 2.75) is 12.2 Å². The summed E-state index contributed by atoms with van der Waals surface area (Å²) in [6.45, 7) is 0. The predicted octanol–water partition coefficient (Wildman–Crippen LogP) is 0.520. The van der Waals surface area contributed by atoms with Gasteiger partial charge in [-0.05, 0) is 17.7 Å². The lowest BCUT2D eigenvalue weighted by Gasteiger charge is -1.94. The molecule has 0 bridgehead atoms. The molecule has 1 heterocycles. The summed E-state index contributed by atoms with van der Waals surface area (Å²) < 4.78 is 5.02. The number of nitrogens with two attached hydrogens (primary N) is 1. The lowest BCUT2D eigenvalue weighted by Crippen LogP contribution is -2.18. The summed E-state index contributed by atoms with van der Waals surface area (Å²) in [7, 11) is 0. The summed E-state index contributed by atoms with van der Waals surface area (Å²) in [6, 6.07) is 5.86. The summed E-state index contributed by atoms with van der Waals surface area (Å²) in [6.07, 6.45) is -0.935. The fourth-order valence-electron chi connectivity index (χ4n) is 1.37. The number of epoxide rings is 1. The highest BCUT2D eigenvalue weighted by Crippen LogP contribution is 2.38. The van der Waals surface area contributed by atoms with Crippen molar-refractivity contribution in [3.63, 3.8) is 0 Å². The molecule has 6 nitrogen and oxygen atoms in total. The molecule has 0 spiro atoms. The van der Waals surface area contributed by atoms with Crippen LogP contribution < -0.4 is 5.73 Å². The largest absolute Gasteiger partial charge is 0.367 e. The molecule has 0 aliphatic carbocycles. The number of primary amides is 1. The van der Waals surface area contributed by atoms with E-state index >= 15 is 0 Å². The lowest BCUT2D eigenvalue weighted by molar-refractivity contribution is -0.384. The molecular weight excluding hydrogens is 200 g/mol. The van der Waals surface area contributed by atoms with E-state index in [2.05, 4.69) is 0 Å². The first-order valence-electron chi connectivity index (χ1n) is 4.29. The first-order valence-corrected chi connectivity index (χ1v) is 4.29. The Balaban J connectivity index is 2.12. The fourth-order valence-corrected chi connectivity index (χ4v) is 1.37. The van der Waals surface area contributed by atoms with Crippen LogP contribution >= 0.6 is 0 Å². The van der Waals surface area contributed by atoms with Gasteiger partial charge in [0, 0.05) is 12.1 Å². The van der Waals surface area contributed by atoms with Crippen LogP contribution in [0.5, 0.6) is 0 Å². The van der Waals surface area contributed by atoms with E-state index in [1.165, 1.54) is 12.1 Å². The zero-order chi connectivity index (χ0) is 11.0. The molecule has 1 amide bonds. The van der Waals surface area contributed by atoms with E-state index in [4.69, 9.17) is 10.5 Å². The molecule has 78 valence electrons. The Bertz CT molecular complexity index is 415. The molecule has 0 aromatic heterocycles. The van der Waals surface area contributed by atoms with Crippen LogP contribution in [0.25, 0.3) is 0 Å². The lowest BCUT2D eigenvalue weighted by atomic mass is 10.1. The van der Waals surface area contributed by atoms with Crippen molar-refractivity contribution in [1.82, 2.24) is 0 Å². The highest BCUT2D eigenvalue weighted by molar-refractivity contribution is 5.82. The number of benzene rings is 1. The standard InChI is InChI=1S/C9H8N2O4/c10-9(12)8-7(15-8)5-1-3-6(4-2-5)11(13)14/h1-4,7-8H,(H2,10,12). The molecule has 6 heteroatoms. The average molecular weight is 208 g/mol. The van der Waals surface area contributed by atoms with E-state index in [9.17, 15) is 14.9 Å². The number of rotatable bonds is 3. The number of nitro groups is 1. The Hall–Kier alpha value is -1.95. The Morgan fingerprint density at radius 2 is 2.00 bits per heavy atom. The van der Waals surface area contributed by atoms with E-state index < -0.39 is 16.9 Å². The number of nitro benzene ring substituents is 1. The second-order valence-electron chi connectivity index (χ2n) is 3.23. The fraction of sp³-hybridized carbons (Fsp3) is 0.222. The Kier molecular flexibility index (Phi) is 2.12. The quantitative estimate of drug-likeness (QED) is 0.444. The first-order chi connectivity index (χ1) is 7.09. The van der Waals surface area contributed by atoms with E-state index in [0.29, 0.717) is 0 Å². The number of amides is 1. The molecule has 15 heavy (non-hydrogen) atoms. The number of carbonyl (C=O) groups is 1. The molecule has 0 radical (unpaired) electrons. The van der Waals surface area contributed by atoms with Crippen molar-refractivity contribution in [3.05, 3.63) is 39.9 Å². The van der Waals surface area contributed by atoms with Crippen LogP contribution in [0.4, 0.5) is 5.69 Å². The molecule has 0 saturated carbocycles. The molecule has 2 rings (SSSR count). The smallest absolute Gasteiger partial charge is 0.269 e. The highest BCUT2D eigenvalue weighted by Gasteiger charge is 2.44. The Morgan fingerprint density at radius 3 is 2.40 bits per heavy atom. The minimum absolute atomic E-state index is 0.00928. The monoisotopic (exact) mass is 208 g/mol. The van der Waals surface area contributed by atoms with Gasteiger partial charge in [-0.25, -0.2) is 0 Å². The third-order valence-corrected chi connectivity index (χ3v) is 2.20. The number of hydrogen-bond acceptors (Lipinski definition) is 4. The van der Waals surface area contributed by atoms with Gasteiger partial charge in [-0.1, -0.05) is 0 Å². The van der Waals surface area contributed by atoms with Crippen molar-refractivity contribution in [2.75, 3.05) is 0 Å². The minimum Gasteiger partial charge on any atom is -0.367 e. The zero-order valence-corrected chi connectivity index (χ0v) is 7.62. The van der Waals surface area contributed by atoms with Crippen LogP contribution in [0, 0.1) is 10.1 Å². The van der Waals surface area contributed by atoms with Gasteiger partial charge in [0.15, 0.2) is 6.10 Å². The van der Waals surface area contributed by atoms with Crippen molar-refractivity contribution in [1.29, 1.82) is 0 Å². The highest BCUT2D eigenvalue weighted by atomic mass is 16.6. The number of hydrogen-bond donors (Lipinski definition) is 1. The summed E-state index contributed by atoms with van der Waals surface area (Å²) in [5, 5.41) is 10.4. The predicted molar refractivity (Wildman–Crippen MR) is 49.9 cm³/mol. The molecule has 1 aromatic carbocycles. The van der Waals surface area contributed by atoms with Gasteiger partial charge < -0.3 is 10.5 Å². The van der Waals surface area contributed by atoms with E-state index in [0.717, 1.165) is 5.56 Å². The number of nitrogens with zero attached hydrogens (tertiary/aromatic N) is 1.